The molecule has 0 amide bonds. The summed E-state index contributed by atoms with van der Waals surface area (Å²) in [5, 5.41) is 18.4. The lowest BCUT2D eigenvalue weighted by Crippen LogP contribution is -1.99. The fraction of sp³-hybridized carbons (Fsp3) is 0.200. The first-order valence-electron chi connectivity index (χ1n) is 7.24. The number of hydrogen-bond acceptors (Lipinski definition) is 7. The van der Waals surface area contributed by atoms with Crippen LogP contribution in [0.3, 0.4) is 0 Å². The number of rotatable bonds is 4. The molecule has 0 radical (unpaired) electrons. The summed E-state index contributed by atoms with van der Waals surface area (Å²) in [6.07, 6.45) is 1.57. The van der Waals surface area contributed by atoms with Crippen LogP contribution >= 0.6 is 22.9 Å². The highest BCUT2D eigenvalue weighted by Gasteiger charge is 2.20. The number of benzene rings is 1. The Morgan fingerprint density at radius 2 is 1.80 bits per heavy atom. The summed E-state index contributed by atoms with van der Waals surface area (Å²) >= 11 is 7.63. The first-order valence-corrected chi connectivity index (χ1v) is 8.43. The topological polar surface area (TPSA) is 79.4 Å². The Balaban J connectivity index is 1.86. The predicted octanol–water partition coefficient (Wildman–Crippen LogP) is 2.92. The highest BCUT2D eigenvalue weighted by molar-refractivity contribution is 7.19. The number of halogens is 1. The number of nitrogens with zero attached hydrogens (tertiary/aromatic N) is 6. The van der Waals surface area contributed by atoms with E-state index in [1.807, 2.05) is 18.2 Å². The van der Waals surface area contributed by atoms with Crippen molar-refractivity contribution < 1.29 is 9.47 Å². The number of ether oxygens (including phenoxy) is 2. The molecule has 10 heteroatoms. The molecule has 4 rings (SSSR count). The molecule has 1 aromatic carbocycles. The van der Waals surface area contributed by atoms with Crippen molar-refractivity contribution in [2.75, 3.05) is 14.2 Å². The van der Waals surface area contributed by atoms with Crippen molar-refractivity contribution in [1.82, 2.24) is 29.6 Å². The van der Waals surface area contributed by atoms with Gasteiger partial charge in [0.25, 0.3) is 0 Å². The van der Waals surface area contributed by atoms with Crippen molar-refractivity contribution in [2.45, 2.75) is 0 Å². The van der Waals surface area contributed by atoms with E-state index in [2.05, 4.69) is 20.4 Å². The zero-order valence-corrected chi connectivity index (χ0v) is 15.2. The summed E-state index contributed by atoms with van der Waals surface area (Å²) in [5.74, 6) is 1.92. The van der Waals surface area contributed by atoms with Gasteiger partial charge in [0, 0.05) is 18.7 Å². The summed E-state index contributed by atoms with van der Waals surface area (Å²) in [7, 11) is 5.02. The molecule has 8 nitrogen and oxygen atoms in total. The third-order valence-electron chi connectivity index (χ3n) is 3.70. The molecule has 0 N–H and O–H groups in total. The van der Waals surface area contributed by atoms with Crippen molar-refractivity contribution in [3.8, 4) is 33.6 Å². The van der Waals surface area contributed by atoms with Crippen LogP contribution in [0, 0.1) is 0 Å². The maximum Gasteiger partial charge on any atom is 0.235 e. The summed E-state index contributed by atoms with van der Waals surface area (Å²) in [6, 6.07) is 5.60. The van der Waals surface area contributed by atoms with Gasteiger partial charge in [0.05, 0.1) is 25.4 Å². The number of fused-ring (bicyclic) bond motifs is 1. The Kier molecular flexibility index (Phi) is 3.81. The Hall–Kier alpha value is -2.65. The molecule has 3 heterocycles. The van der Waals surface area contributed by atoms with Crippen LogP contribution in [0.25, 0.3) is 27.1 Å². The van der Waals surface area contributed by atoms with Crippen molar-refractivity contribution in [3.63, 3.8) is 0 Å². The molecule has 0 fully saturated rings. The molecule has 0 saturated heterocycles. The molecule has 0 atom stereocenters. The molecular formula is C15H13ClN6O2S. The molecule has 3 aromatic heterocycles. The van der Waals surface area contributed by atoms with E-state index < -0.39 is 0 Å². The minimum Gasteiger partial charge on any atom is -0.497 e. The van der Waals surface area contributed by atoms with Gasteiger partial charge in [-0.1, -0.05) is 22.9 Å². The van der Waals surface area contributed by atoms with E-state index in [0.717, 1.165) is 10.6 Å². The maximum absolute atomic E-state index is 6.22. The Morgan fingerprint density at radius 1 is 1.08 bits per heavy atom. The van der Waals surface area contributed by atoms with Gasteiger partial charge in [-0.25, -0.2) is 0 Å². The first kappa shape index (κ1) is 15.9. The summed E-state index contributed by atoms with van der Waals surface area (Å²) < 4.78 is 13.9. The van der Waals surface area contributed by atoms with E-state index >= 15 is 0 Å². The smallest absolute Gasteiger partial charge is 0.235 e. The molecule has 128 valence electrons. The van der Waals surface area contributed by atoms with Crippen molar-refractivity contribution in [1.29, 1.82) is 0 Å². The van der Waals surface area contributed by atoms with E-state index in [1.165, 1.54) is 11.3 Å². The van der Waals surface area contributed by atoms with Gasteiger partial charge in [0.2, 0.25) is 10.8 Å². The fourth-order valence-corrected chi connectivity index (χ4v) is 3.55. The number of hydrogen-bond donors (Lipinski definition) is 0. The van der Waals surface area contributed by atoms with E-state index in [4.69, 9.17) is 21.1 Å². The first-order chi connectivity index (χ1) is 12.1. The molecular weight excluding hydrogens is 364 g/mol. The molecule has 0 saturated carbocycles. The van der Waals surface area contributed by atoms with Gasteiger partial charge in [-0.3, -0.25) is 4.68 Å². The van der Waals surface area contributed by atoms with Crippen LogP contribution < -0.4 is 9.47 Å². The second kappa shape index (κ2) is 6.01. The van der Waals surface area contributed by atoms with Gasteiger partial charge in [-0.05, 0) is 12.1 Å². The molecule has 0 aliphatic heterocycles. The third kappa shape index (κ3) is 2.61. The lowest BCUT2D eigenvalue weighted by Gasteiger charge is -2.06. The largest absolute Gasteiger partial charge is 0.497 e. The molecule has 4 aromatic rings. The summed E-state index contributed by atoms with van der Waals surface area (Å²) in [6.45, 7) is 0. The predicted molar refractivity (Wildman–Crippen MR) is 94.4 cm³/mol. The third-order valence-corrected chi connectivity index (χ3v) is 4.92. The van der Waals surface area contributed by atoms with Crippen LogP contribution in [-0.4, -0.2) is 43.8 Å². The summed E-state index contributed by atoms with van der Waals surface area (Å²) in [5.41, 5.74) is 1.53. The van der Waals surface area contributed by atoms with Gasteiger partial charge in [0.15, 0.2) is 0 Å². The zero-order chi connectivity index (χ0) is 17.6. The highest BCUT2D eigenvalue weighted by Crippen LogP contribution is 2.34. The maximum atomic E-state index is 6.22. The molecule has 0 unspecified atom stereocenters. The number of aryl methyl sites for hydroxylation is 1. The van der Waals surface area contributed by atoms with Crippen molar-refractivity contribution >= 4 is 27.9 Å². The second-order valence-electron chi connectivity index (χ2n) is 5.19. The van der Waals surface area contributed by atoms with Crippen molar-refractivity contribution in [2.24, 2.45) is 7.05 Å². The van der Waals surface area contributed by atoms with Gasteiger partial charge in [0.1, 0.15) is 22.2 Å². The van der Waals surface area contributed by atoms with Crippen LogP contribution in [0.1, 0.15) is 0 Å². The molecule has 0 bridgehead atoms. The van der Waals surface area contributed by atoms with Crippen molar-refractivity contribution in [3.05, 3.63) is 29.4 Å². The van der Waals surface area contributed by atoms with E-state index in [0.29, 0.717) is 33.0 Å². The van der Waals surface area contributed by atoms with Crippen LogP contribution in [0.5, 0.6) is 11.5 Å². The average molecular weight is 377 g/mol. The molecule has 0 spiro atoms. The lowest BCUT2D eigenvalue weighted by atomic mass is 10.2. The minimum atomic E-state index is 0.495. The Morgan fingerprint density at radius 3 is 2.40 bits per heavy atom. The zero-order valence-electron chi connectivity index (χ0n) is 13.6. The Bertz CT molecular complexity index is 1030. The fourth-order valence-electron chi connectivity index (χ4n) is 2.47. The molecule has 0 aliphatic rings. The van der Waals surface area contributed by atoms with Gasteiger partial charge >= 0.3 is 0 Å². The van der Waals surface area contributed by atoms with Crippen LogP contribution in [-0.2, 0) is 7.05 Å². The SMILES string of the molecule is COc1cc(OC)cc(-c2nn3c(-c4c(Cl)cnn4C)nnc3s2)c1. The van der Waals surface area contributed by atoms with Crippen LogP contribution in [0.2, 0.25) is 5.02 Å². The number of aromatic nitrogens is 6. The molecule has 0 aliphatic carbocycles. The van der Waals surface area contributed by atoms with Gasteiger partial charge < -0.3 is 9.47 Å². The van der Waals surface area contributed by atoms with E-state index in [1.54, 1.807) is 36.7 Å². The van der Waals surface area contributed by atoms with Crippen LogP contribution in [0.4, 0.5) is 0 Å². The Labute approximate surface area is 151 Å². The standard InChI is InChI=1S/C15H13ClN6O2S/c1-21-12(11(16)7-17-21)13-18-19-15-22(13)20-14(25-15)8-4-9(23-2)6-10(5-8)24-3/h4-7H,1-3H3. The normalized spacial score (nSPS) is 11.2. The minimum absolute atomic E-state index is 0.495. The molecule has 25 heavy (non-hydrogen) atoms. The van der Waals surface area contributed by atoms with Gasteiger partial charge in [-0.2, -0.15) is 14.7 Å². The average Bonchev–Trinajstić information content (AvgIpc) is 3.29. The van der Waals surface area contributed by atoms with E-state index in [9.17, 15) is 0 Å². The van der Waals surface area contributed by atoms with Gasteiger partial charge in [-0.15, -0.1) is 10.2 Å². The summed E-state index contributed by atoms with van der Waals surface area (Å²) in [4.78, 5) is 0.657. The number of methoxy groups -OCH3 is 2. The lowest BCUT2D eigenvalue weighted by molar-refractivity contribution is 0.394. The second-order valence-corrected chi connectivity index (χ2v) is 6.55. The van der Waals surface area contributed by atoms with Crippen LogP contribution in [0.15, 0.2) is 24.4 Å². The highest BCUT2D eigenvalue weighted by atomic mass is 35.5. The quantitative estimate of drug-likeness (QED) is 0.545. The van der Waals surface area contributed by atoms with E-state index in [-0.39, 0.29) is 0 Å². The monoisotopic (exact) mass is 376 g/mol.